The van der Waals surface area contributed by atoms with Crippen LogP contribution in [0.2, 0.25) is 0 Å². The molecule has 0 fully saturated rings. The second-order valence-electron chi connectivity index (χ2n) is 6.10. The molecule has 27 heavy (non-hydrogen) atoms. The van der Waals surface area contributed by atoms with E-state index in [1.807, 2.05) is 25.1 Å². The lowest BCUT2D eigenvalue weighted by Crippen LogP contribution is -2.09. The van der Waals surface area contributed by atoms with Crippen LogP contribution < -0.4 is 15.4 Å². The van der Waals surface area contributed by atoms with Gasteiger partial charge in [0.05, 0.1) is 6.61 Å². The van der Waals surface area contributed by atoms with Gasteiger partial charge in [-0.25, -0.2) is 4.39 Å². The van der Waals surface area contributed by atoms with Crippen molar-refractivity contribution in [3.8, 4) is 6.01 Å². The van der Waals surface area contributed by atoms with Gasteiger partial charge in [0.15, 0.2) is 0 Å². The molecule has 6 nitrogen and oxygen atoms in total. The molecule has 3 rings (SSSR count). The molecule has 2 N–H and O–H groups in total. The predicted octanol–water partition coefficient (Wildman–Crippen LogP) is 4.38. The maximum atomic E-state index is 13.0. The van der Waals surface area contributed by atoms with Crippen molar-refractivity contribution in [3.05, 3.63) is 65.0 Å². The molecule has 0 bridgehead atoms. The summed E-state index contributed by atoms with van der Waals surface area (Å²) in [5.74, 6) is 0.500. The standard InChI is InChI=1S/C20H22FN5O/c1-4-27-20-25-18(22-12-15-6-8-16(21)9-7-15)24-19(26-20)23-17-10-5-13(2)14(3)11-17/h5-11H,4,12H2,1-3H3,(H2,22,23,24,25,26). The minimum Gasteiger partial charge on any atom is -0.464 e. The molecule has 0 unspecified atom stereocenters. The Balaban J connectivity index is 1.78. The van der Waals surface area contributed by atoms with Crippen molar-refractivity contribution in [2.24, 2.45) is 0 Å². The van der Waals surface area contributed by atoms with Crippen molar-refractivity contribution in [2.45, 2.75) is 27.3 Å². The number of aromatic nitrogens is 3. The summed E-state index contributed by atoms with van der Waals surface area (Å²) in [6, 6.07) is 12.5. The van der Waals surface area contributed by atoms with Crippen molar-refractivity contribution in [1.82, 2.24) is 15.0 Å². The molecule has 0 aliphatic heterocycles. The Hall–Kier alpha value is -3.22. The van der Waals surface area contributed by atoms with Gasteiger partial charge in [0.1, 0.15) is 5.82 Å². The maximum Gasteiger partial charge on any atom is 0.323 e. The predicted molar refractivity (Wildman–Crippen MR) is 104 cm³/mol. The Morgan fingerprint density at radius 1 is 0.926 bits per heavy atom. The lowest BCUT2D eigenvalue weighted by atomic mass is 10.1. The zero-order chi connectivity index (χ0) is 19.2. The summed E-state index contributed by atoms with van der Waals surface area (Å²) in [7, 11) is 0. The third-order valence-corrected chi connectivity index (χ3v) is 4.02. The van der Waals surface area contributed by atoms with Crippen LogP contribution in [0, 0.1) is 19.7 Å². The Morgan fingerprint density at radius 3 is 2.37 bits per heavy atom. The number of hydrogen-bond acceptors (Lipinski definition) is 6. The van der Waals surface area contributed by atoms with Crippen LogP contribution in [0.15, 0.2) is 42.5 Å². The highest BCUT2D eigenvalue weighted by molar-refractivity contribution is 5.56. The van der Waals surface area contributed by atoms with Crippen LogP contribution in [0.25, 0.3) is 0 Å². The van der Waals surface area contributed by atoms with E-state index in [-0.39, 0.29) is 11.8 Å². The summed E-state index contributed by atoms with van der Waals surface area (Å²) < 4.78 is 18.5. The molecular weight excluding hydrogens is 345 g/mol. The third kappa shape index (κ3) is 5.13. The first-order chi connectivity index (χ1) is 13.0. The van der Waals surface area contributed by atoms with E-state index in [1.54, 1.807) is 12.1 Å². The fourth-order valence-corrected chi connectivity index (χ4v) is 2.42. The lowest BCUT2D eigenvalue weighted by molar-refractivity contribution is 0.312. The highest BCUT2D eigenvalue weighted by atomic mass is 19.1. The molecule has 7 heteroatoms. The largest absolute Gasteiger partial charge is 0.464 e. The zero-order valence-electron chi connectivity index (χ0n) is 15.6. The van der Waals surface area contributed by atoms with Crippen molar-refractivity contribution < 1.29 is 9.13 Å². The van der Waals surface area contributed by atoms with Gasteiger partial charge in [0, 0.05) is 12.2 Å². The topological polar surface area (TPSA) is 72.0 Å². The molecule has 0 aliphatic rings. The van der Waals surface area contributed by atoms with Crippen LogP contribution in [0.4, 0.5) is 22.0 Å². The molecule has 1 heterocycles. The number of nitrogens with zero attached hydrogens (tertiary/aromatic N) is 3. The summed E-state index contributed by atoms with van der Waals surface area (Å²) >= 11 is 0. The zero-order valence-corrected chi connectivity index (χ0v) is 15.6. The van der Waals surface area contributed by atoms with E-state index in [0.717, 1.165) is 11.3 Å². The van der Waals surface area contributed by atoms with E-state index in [2.05, 4.69) is 39.4 Å². The SMILES string of the molecule is CCOc1nc(NCc2ccc(F)cc2)nc(Nc2ccc(C)c(C)c2)n1. The van der Waals surface area contributed by atoms with Gasteiger partial charge in [0.25, 0.3) is 0 Å². The Labute approximate surface area is 157 Å². The molecule has 0 amide bonds. The molecule has 0 saturated carbocycles. The van der Waals surface area contributed by atoms with Gasteiger partial charge in [-0.1, -0.05) is 18.2 Å². The summed E-state index contributed by atoms with van der Waals surface area (Å²) in [6.07, 6.45) is 0. The van der Waals surface area contributed by atoms with E-state index in [1.165, 1.54) is 23.3 Å². The normalized spacial score (nSPS) is 10.5. The van der Waals surface area contributed by atoms with Crippen LogP contribution >= 0.6 is 0 Å². The van der Waals surface area contributed by atoms with Crippen LogP contribution in [0.3, 0.4) is 0 Å². The van der Waals surface area contributed by atoms with E-state index in [4.69, 9.17) is 4.74 Å². The average molecular weight is 367 g/mol. The molecule has 0 saturated heterocycles. The first kappa shape index (κ1) is 18.6. The molecule has 140 valence electrons. The second kappa shape index (κ2) is 8.44. The van der Waals surface area contributed by atoms with E-state index >= 15 is 0 Å². The van der Waals surface area contributed by atoms with Crippen molar-refractivity contribution in [2.75, 3.05) is 17.2 Å². The van der Waals surface area contributed by atoms with Gasteiger partial charge in [-0.15, -0.1) is 0 Å². The van der Waals surface area contributed by atoms with Gasteiger partial charge in [-0.3, -0.25) is 0 Å². The number of rotatable bonds is 7. The number of halogens is 1. The number of anilines is 3. The maximum absolute atomic E-state index is 13.0. The smallest absolute Gasteiger partial charge is 0.323 e. The minimum atomic E-state index is -0.266. The third-order valence-electron chi connectivity index (χ3n) is 4.02. The van der Waals surface area contributed by atoms with Gasteiger partial charge >= 0.3 is 6.01 Å². The summed E-state index contributed by atoms with van der Waals surface area (Å²) in [4.78, 5) is 12.9. The first-order valence-electron chi connectivity index (χ1n) is 8.75. The number of nitrogens with one attached hydrogen (secondary N) is 2. The molecule has 0 spiro atoms. The van der Waals surface area contributed by atoms with Gasteiger partial charge in [-0.05, 0) is 61.7 Å². The molecule has 0 atom stereocenters. The summed E-state index contributed by atoms with van der Waals surface area (Å²) in [5.41, 5.74) is 4.19. The highest BCUT2D eigenvalue weighted by Crippen LogP contribution is 2.20. The Morgan fingerprint density at radius 2 is 1.67 bits per heavy atom. The van der Waals surface area contributed by atoms with Crippen LogP contribution in [0.1, 0.15) is 23.6 Å². The monoisotopic (exact) mass is 367 g/mol. The lowest BCUT2D eigenvalue weighted by Gasteiger charge is -2.11. The van der Waals surface area contributed by atoms with Crippen molar-refractivity contribution >= 4 is 17.6 Å². The van der Waals surface area contributed by atoms with Gasteiger partial charge < -0.3 is 15.4 Å². The van der Waals surface area contributed by atoms with Gasteiger partial charge in [-0.2, -0.15) is 15.0 Å². The number of aryl methyl sites for hydroxylation is 2. The highest BCUT2D eigenvalue weighted by Gasteiger charge is 2.08. The fourth-order valence-electron chi connectivity index (χ4n) is 2.42. The number of hydrogen-bond donors (Lipinski definition) is 2. The average Bonchev–Trinajstić information content (AvgIpc) is 2.64. The molecule has 1 aromatic heterocycles. The summed E-state index contributed by atoms with van der Waals surface area (Å²) in [6.45, 7) is 6.89. The quantitative estimate of drug-likeness (QED) is 0.646. The molecule has 0 aliphatic carbocycles. The molecule has 2 aromatic carbocycles. The minimum absolute atomic E-state index is 0.237. The van der Waals surface area contributed by atoms with E-state index in [9.17, 15) is 4.39 Å². The van der Waals surface area contributed by atoms with Crippen molar-refractivity contribution in [1.29, 1.82) is 0 Å². The molecular formula is C20H22FN5O. The molecule has 0 radical (unpaired) electrons. The van der Waals surface area contributed by atoms with Gasteiger partial charge in [0.2, 0.25) is 11.9 Å². The Bertz CT molecular complexity index is 915. The first-order valence-corrected chi connectivity index (χ1v) is 8.75. The van der Waals surface area contributed by atoms with Crippen LogP contribution in [0.5, 0.6) is 6.01 Å². The number of benzene rings is 2. The van der Waals surface area contributed by atoms with Crippen molar-refractivity contribution in [3.63, 3.8) is 0 Å². The van der Waals surface area contributed by atoms with E-state index < -0.39 is 0 Å². The Kier molecular flexibility index (Phi) is 5.80. The van der Waals surface area contributed by atoms with Crippen LogP contribution in [-0.2, 0) is 6.54 Å². The number of ether oxygens (including phenoxy) is 1. The second-order valence-corrected chi connectivity index (χ2v) is 6.10. The van der Waals surface area contributed by atoms with Crippen LogP contribution in [-0.4, -0.2) is 21.6 Å². The van der Waals surface area contributed by atoms with E-state index in [0.29, 0.717) is 25.0 Å². The fraction of sp³-hybridized carbons (Fsp3) is 0.250. The molecule has 3 aromatic rings. The summed E-state index contributed by atoms with van der Waals surface area (Å²) in [5, 5.41) is 6.31.